The quantitative estimate of drug-likeness (QED) is 0.617. The van der Waals surface area contributed by atoms with E-state index in [1.165, 1.54) is 11.8 Å². The van der Waals surface area contributed by atoms with E-state index in [0.29, 0.717) is 18.1 Å². The molecule has 7 nitrogen and oxygen atoms in total. The van der Waals surface area contributed by atoms with Crippen molar-refractivity contribution in [2.75, 3.05) is 7.05 Å². The Balaban J connectivity index is 2.78. The van der Waals surface area contributed by atoms with Gasteiger partial charge in [-0.1, -0.05) is 25.6 Å². The number of thioether (sulfide) groups is 1. The van der Waals surface area contributed by atoms with E-state index in [1.54, 1.807) is 18.5 Å². The van der Waals surface area contributed by atoms with Crippen molar-refractivity contribution in [1.29, 1.82) is 0 Å². The first-order valence-electron chi connectivity index (χ1n) is 6.58. The fourth-order valence-corrected chi connectivity index (χ4v) is 3.08. The van der Waals surface area contributed by atoms with E-state index >= 15 is 0 Å². The number of nitrogens with zero attached hydrogens (tertiary/aromatic N) is 2. The zero-order chi connectivity index (χ0) is 15.3. The lowest BCUT2D eigenvalue weighted by atomic mass is 9.97. The average Bonchev–Trinajstić information content (AvgIpc) is 2.71. The summed E-state index contributed by atoms with van der Waals surface area (Å²) < 4.78 is 1.58. The fraction of sp³-hybridized carbons (Fsp3) is 0.750. The smallest absolute Gasteiger partial charge is 0.343 e. The van der Waals surface area contributed by atoms with Gasteiger partial charge < -0.3 is 10.4 Å². The summed E-state index contributed by atoms with van der Waals surface area (Å²) >= 11 is 1.41. The molecule has 8 heteroatoms. The van der Waals surface area contributed by atoms with Crippen LogP contribution >= 0.6 is 11.8 Å². The molecule has 3 N–H and O–H groups in total. The molecule has 1 heterocycles. The second kappa shape index (κ2) is 6.94. The number of aromatic amines is 1. The van der Waals surface area contributed by atoms with Gasteiger partial charge in [-0.15, -0.1) is 5.10 Å². The second-order valence-corrected chi connectivity index (χ2v) is 6.39. The lowest BCUT2D eigenvalue weighted by Gasteiger charge is -2.26. The predicted octanol–water partition coefficient (Wildman–Crippen LogP) is 0.915. The van der Waals surface area contributed by atoms with Crippen molar-refractivity contribution in [3.8, 4) is 0 Å². The molecule has 0 aliphatic rings. The third-order valence-corrected chi connectivity index (χ3v) is 4.29. The van der Waals surface area contributed by atoms with E-state index in [4.69, 9.17) is 0 Å². The minimum Gasteiger partial charge on any atom is -0.480 e. The van der Waals surface area contributed by atoms with Crippen LogP contribution in [0.1, 0.15) is 33.6 Å². The number of hydrogen-bond acceptors (Lipinski definition) is 5. The molecular formula is C12H22N4O3S. The van der Waals surface area contributed by atoms with Gasteiger partial charge in [0.15, 0.2) is 5.16 Å². The highest BCUT2D eigenvalue weighted by Crippen LogP contribution is 2.27. The third-order valence-electron chi connectivity index (χ3n) is 3.20. The first-order chi connectivity index (χ1) is 9.34. The van der Waals surface area contributed by atoms with Crippen LogP contribution in [0.5, 0.6) is 0 Å². The number of rotatable bonds is 8. The Labute approximate surface area is 122 Å². The molecule has 2 atom stereocenters. The maximum Gasteiger partial charge on any atom is 0.343 e. The van der Waals surface area contributed by atoms with Crippen molar-refractivity contribution >= 4 is 17.7 Å². The average molecular weight is 302 g/mol. The zero-order valence-electron chi connectivity index (χ0n) is 12.3. The summed E-state index contributed by atoms with van der Waals surface area (Å²) in [5, 5.41) is 19.1. The summed E-state index contributed by atoms with van der Waals surface area (Å²) in [7, 11) is 1.63. The van der Waals surface area contributed by atoms with Gasteiger partial charge >= 0.3 is 11.7 Å². The summed E-state index contributed by atoms with van der Waals surface area (Å²) in [6.07, 6.45) is 1.27. The molecule has 1 rings (SSSR count). The van der Waals surface area contributed by atoms with Crippen LogP contribution in [0.25, 0.3) is 0 Å². The summed E-state index contributed by atoms with van der Waals surface area (Å²) in [6.45, 7) is 6.17. The fourth-order valence-electron chi connectivity index (χ4n) is 1.91. The Morgan fingerprint density at radius 3 is 2.80 bits per heavy atom. The van der Waals surface area contributed by atoms with Gasteiger partial charge in [0.2, 0.25) is 0 Å². The van der Waals surface area contributed by atoms with Crippen molar-refractivity contribution in [3.63, 3.8) is 0 Å². The number of likely N-dealkylation sites (N-methyl/N-ethyl adjacent to an activating group) is 1. The largest absolute Gasteiger partial charge is 0.480 e. The minimum absolute atomic E-state index is 0.00866. The van der Waals surface area contributed by atoms with Gasteiger partial charge in [-0.05, 0) is 26.8 Å². The summed E-state index contributed by atoms with van der Waals surface area (Å²) in [5.41, 5.74) is -1.21. The van der Waals surface area contributed by atoms with Crippen molar-refractivity contribution in [1.82, 2.24) is 20.1 Å². The molecule has 1 aromatic heterocycles. The lowest BCUT2D eigenvalue weighted by Crippen LogP contribution is -2.49. The number of hydrogen-bond donors (Lipinski definition) is 3. The molecule has 0 radical (unpaired) electrons. The number of carbonyl (C=O) groups is 1. The predicted molar refractivity (Wildman–Crippen MR) is 78.2 cm³/mol. The van der Waals surface area contributed by atoms with Crippen LogP contribution in [0.3, 0.4) is 0 Å². The number of carboxylic acid groups (broad SMARTS) is 1. The lowest BCUT2D eigenvalue weighted by molar-refractivity contribution is -0.144. The Morgan fingerprint density at radius 2 is 2.30 bits per heavy atom. The molecule has 1 aromatic rings. The Morgan fingerprint density at radius 1 is 1.65 bits per heavy atom. The van der Waals surface area contributed by atoms with Crippen molar-refractivity contribution in [3.05, 3.63) is 10.5 Å². The molecule has 0 aromatic carbocycles. The summed E-state index contributed by atoms with van der Waals surface area (Å²) in [4.78, 5) is 22.9. The topological polar surface area (TPSA) is 100 Å². The molecule has 0 fully saturated rings. The van der Waals surface area contributed by atoms with E-state index in [-0.39, 0.29) is 10.9 Å². The summed E-state index contributed by atoms with van der Waals surface area (Å²) in [6, 6.07) is 0. The number of aromatic nitrogens is 3. The van der Waals surface area contributed by atoms with E-state index in [2.05, 4.69) is 15.5 Å². The van der Waals surface area contributed by atoms with E-state index in [1.807, 2.05) is 13.8 Å². The van der Waals surface area contributed by atoms with Crippen molar-refractivity contribution in [2.24, 2.45) is 0 Å². The van der Waals surface area contributed by atoms with Crippen molar-refractivity contribution in [2.45, 2.75) is 56.1 Å². The normalized spacial score (nSPS) is 15.8. The van der Waals surface area contributed by atoms with E-state index < -0.39 is 11.5 Å². The van der Waals surface area contributed by atoms with Crippen molar-refractivity contribution < 1.29 is 9.90 Å². The van der Waals surface area contributed by atoms with Gasteiger partial charge in [0.05, 0.1) is 0 Å². The van der Waals surface area contributed by atoms with Gasteiger partial charge in [0.25, 0.3) is 0 Å². The summed E-state index contributed by atoms with van der Waals surface area (Å²) in [5.74, 6) is -0.888. The molecule has 2 unspecified atom stereocenters. The van der Waals surface area contributed by atoms with Gasteiger partial charge in [-0.2, -0.15) is 0 Å². The molecule has 0 saturated carbocycles. The molecule has 0 bridgehead atoms. The molecule has 0 aliphatic carbocycles. The third kappa shape index (κ3) is 3.86. The minimum atomic E-state index is -0.987. The second-order valence-electron chi connectivity index (χ2n) is 4.98. The van der Waals surface area contributed by atoms with Crippen LogP contribution in [0.15, 0.2) is 9.95 Å². The van der Waals surface area contributed by atoms with Gasteiger partial charge in [-0.25, -0.2) is 9.89 Å². The molecule has 0 aliphatic heterocycles. The van der Waals surface area contributed by atoms with Crippen LogP contribution < -0.4 is 11.0 Å². The Hall–Kier alpha value is -1.28. The van der Waals surface area contributed by atoms with Gasteiger partial charge in [-0.3, -0.25) is 9.36 Å². The van der Waals surface area contributed by atoms with Crippen LogP contribution in [-0.2, 0) is 11.3 Å². The van der Waals surface area contributed by atoms with E-state index in [9.17, 15) is 14.7 Å². The van der Waals surface area contributed by atoms with Crippen LogP contribution in [0, 0.1) is 0 Å². The maximum atomic E-state index is 11.6. The van der Waals surface area contributed by atoms with Gasteiger partial charge in [0.1, 0.15) is 5.54 Å². The first-order valence-corrected chi connectivity index (χ1v) is 7.46. The van der Waals surface area contributed by atoms with Crippen LogP contribution in [0.4, 0.5) is 0 Å². The maximum absolute atomic E-state index is 11.6. The highest BCUT2D eigenvalue weighted by atomic mass is 32.2. The highest BCUT2D eigenvalue weighted by Gasteiger charge is 2.33. The SMILES string of the molecule is CCCn1c(SC(C)CC(C)(NC)C(=O)O)n[nH]c1=O. The molecule has 0 saturated heterocycles. The first kappa shape index (κ1) is 16.8. The van der Waals surface area contributed by atoms with Gasteiger partial charge in [0, 0.05) is 11.8 Å². The molecule has 20 heavy (non-hydrogen) atoms. The monoisotopic (exact) mass is 302 g/mol. The zero-order valence-corrected chi connectivity index (χ0v) is 13.1. The van der Waals surface area contributed by atoms with Crippen LogP contribution in [0.2, 0.25) is 0 Å². The number of H-pyrrole nitrogens is 1. The molecule has 0 spiro atoms. The van der Waals surface area contributed by atoms with Crippen LogP contribution in [-0.4, -0.2) is 43.7 Å². The Bertz CT molecular complexity index is 513. The number of aliphatic carboxylic acids is 1. The van der Waals surface area contributed by atoms with E-state index in [0.717, 1.165) is 6.42 Å². The highest BCUT2D eigenvalue weighted by molar-refractivity contribution is 7.99. The number of nitrogens with one attached hydrogen (secondary N) is 2. The standard InChI is InChI=1S/C12H22N4O3S/c1-5-6-16-10(19)14-15-11(16)20-8(2)7-12(3,13-4)9(17)18/h8,13H,5-7H2,1-4H3,(H,14,19)(H,17,18). The molecule has 0 amide bonds. The molecule has 114 valence electrons. The number of carboxylic acids is 1. The Kier molecular flexibility index (Phi) is 5.82. The molecular weight excluding hydrogens is 280 g/mol.